The topological polar surface area (TPSA) is 62.3 Å². The van der Waals surface area contributed by atoms with Crippen molar-refractivity contribution in [3.63, 3.8) is 0 Å². The molecular weight excluding hydrogens is 250 g/mol. The molecule has 1 aromatic carbocycles. The summed E-state index contributed by atoms with van der Waals surface area (Å²) in [5.41, 5.74) is 5.94. The van der Waals surface area contributed by atoms with E-state index in [1.54, 1.807) is 18.2 Å². The number of nitrogens with zero attached hydrogens (tertiary/aromatic N) is 1. The van der Waals surface area contributed by atoms with Gasteiger partial charge in [0.1, 0.15) is 18.2 Å². The van der Waals surface area contributed by atoms with Crippen LogP contribution in [0.4, 0.5) is 0 Å². The highest BCUT2D eigenvalue weighted by atomic mass is 35.5. The SMILES string of the molecule is N=C(N)c1ccc(OCCN2CCCC2)cc1Cl. The number of likely N-dealkylation sites (tertiary alicyclic amines) is 1. The number of benzene rings is 1. The van der Waals surface area contributed by atoms with Crippen molar-refractivity contribution in [3.8, 4) is 5.75 Å². The molecule has 0 aliphatic carbocycles. The number of halogens is 1. The van der Waals surface area contributed by atoms with E-state index in [1.165, 1.54) is 25.9 Å². The molecule has 18 heavy (non-hydrogen) atoms. The molecule has 0 amide bonds. The summed E-state index contributed by atoms with van der Waals surface area (Å²) in [5.74, 6) is 0.702. The number of hydrogen-bond donors (Lipinski definition) is 2. The molecule has 2 rings (SSSR count). The van der Waals surface area contributed by atoms with E-state index in [4.69, 9.17) is 27.5 Å². The molecule has 1 aliphatic heterocycles. The summed E-state index contributed by atoms with van der Waals surface area (Å²) in [6.45, 7) is 3.96. The van der Waals surface area contributed by atoms with Gasteiger partial charge in [-0.15, -0.1) is 0 Å². The van der Waals surface area contributed by atoms with E-state index in [0.717, 1.165) is 12.3 Å². The first kappa shape index (κ1) is 13.2. The molecule has 1 aliphatic rings. The number of nitrogens with two attached hydrogens (primary N) is 1. The Morgan fingerprint density at radius 2 is 2.11 bits per heavy atom. The fourth-order valence-electron chi connectivity index (χ4n) is 2.10. The maximum Gasteiger partial charge on any atom is 0.124 e. The van der Waals surface area contributed by atoms with Crippen molar-refractivity contribution < 1.29 is 4.74 Å². The van der Waals surface area contributed by atoms with Crippen LogP contribution in [0.15, 0.2) is 18.2 Å². The number of hydrogen-bond acceptors (Lipinski definition) is 3. The Balaban J connectivity index is 1.85. The van der Waals surface area contributed by atoms with Crippen LogP contribution in [0.1, 0.15) is 18.4 Å². The fourth-order valence-corrected chi connectivity index (χ4v) is 2.38. The molecule has 1 aromatic rings. The molecule has 0 radical (unpaired) electrons. The van der Waals surface area contributed by atoms with Crippen LogP contribution in [0.2, 0.25) is 5.02 Å². The Hall–Kier alpha value is -1.26. The quantitative estimate of drug-likeness (QED) is 0.634. The number of rotatable bonds is 5. The summed E-state index contributed by atoms with van der Waals surface area (Å²) < 4.78 is 5.65. The molecule has 0 saturated carbocycles. The first-order valence-electron chi connectivity index (χ1n) is 6.16. The van der Waals surface area contributed by atoms with Gasteiger partial charge in [0.25, 0.3) is 0 Å². The van der Waals surface area contributed by atoms with E-state index in [-0.39, 0.29) is 5.84 Å². The van der Waals surface area contributed by atoms with Crippen LogP contribution in [-0.4, -0.2) is 37.0 Å². The lowest BCUT2D eigenvalue weighted by Crippen LogP contribution is -2.25. The molecule has 4 nitrogen and oxygen atoms in total. The maximum absolute atomic E-state index is 7.34. The second-order valence-corrected chi connectivity index (χ2v) is 4.86. The average Bonchev–Trinajstić information content (AvgIpc) is 2.81. The number of nitrogens with one attached hydrogen (secondary N) is 1. The van der Waals surface area contributed by atoms with Crippen molar-refractivity contribution in [3.05, 3.63) is 28.8 Å². The summed E-state index contributed by atoms with van der Waals surface area (Å²) in [4.78, 5) is 2.39. The third-order valence-corrected chi connectivity index (χ3v) is 3.42. The van der Waals surface area contributed by atoms with Crippen LogP contribution in [0.3, 0.4) is 0 Å². The molecule has 98 valence electrons. The lowest BCUT2D eigenvalue weighted by Gasteiger charge is -2.15. The van der Waals surface area contributed by atoms with Gasteiger partial charge in [-0.2, -0.15) is 0 Å². The second-order valence-electron chi connectivity index (χ2n) is 4.45. The lowest BCUT2D eigenvalue weighted by atomic mass is 10.2. The molecular formula is C13H18ClN3O. The van der Waals surface area contributed by atoms with Crippen LogP contribution in [0, 0.1) is 5.41 Å². The van der Waals surface area contributed by atoms with Gasteiger partial charge in [0, 0.05) is 12.1 Å². The Morgan fingerprint density at radius 3 is 2.72 bits per heavy atom. The van der Waals surface area contributed by atoms with Crippen molar-refractivity contribution in [2.75, 3.05) is 26.2 Å². The van der Waals surface area contributed by atoms with Gasteiger partial charge in [-0.25, -0.2) is 0 Å². The van der Waals surface area contributed by atoms with Crippen LogP contribution in [-0.2, 0) is 0 Å². The average molecular weight is 268 g/mol. The van der Waals surface area contributed by atoms with E-state index < -0.39 is 0 Å². The van der Waals surface area contributed by atoms with E-state index in [0.29, 0.717) is 17.2 Å². The molecule has 1 saturated heterocycles. The van der Waals surface area contributed by atoms with Gasteiger partial charge in [-0.3, -0.25) is 10.3 Å². The van der Waals surface area contributed by atoms with Crippen molar-refractivity contribution in [1.82, 2.24) is 4.90 Å². The van der Waals surface area contributed by atoms with Gasteiger partial charge in [0.2, 0.25) is 0 Å². The normalized spacial score (nSPS) is 15.8. The van der Waals surface area contributed by atoms with E-state index >= 15 is 0 Å². The lowest BCUT2D eigenvalue weighted by molar-refractivity contribution is 0.238. The smallest absolute Gasteiger partial charge is 0.124 e. The van der Waals surface area contributed by atoms with Crippen LogP contribution < -0.4 is 10.5 Å². The van der Waals surface area contributed by atoms with Crippen molar-refractivity contribution in [2.45, 2.75) is 12.8 Å². The highest BCUT2D eigenvalue weighted by molar-refractivity contribution is 6.34. The predicted molar refractivity (Wildman–Crippen MR) is 73.6 cm³/mol. The Morgan fingerprint density at radius 1 is 1.39 bits per heavy atom. The zero-order chi connectivity index (χ0) is 13.0. The summed E-state index contributed by atoms with van der Waals surface area (Å²) in [6.07, 6.45) is 2.58. The summed E-state index contributed by atoms with van der Waals surface area (Å²) in [6, 6.07) is 5.23. The Kier molecular flexibility index (Phi) is 4.44. The second kappa shape index (κ2) is 6.07. The molecule has 0 spiro atoms. The maximum atomic E-state index is 7.34. The molecule has 0 bridgehead atoms. The third-order valence-electron chi connectivity index (χ3n) is 3.11. The molecule has 0 atom stereocenters. The monoisotopic (exact) mass is 267 g/mol. The van der Waals surface area contributed by atoms with E-state index in [2.05, 4.69) is 4.90 Å². The van der Waals surface area contributed by atoms with E-state index in [1.807, 2.05) is 0 Å². The van der Waals surface area contributed by atoms with Gasteiger partial charge in [0.05, 0.1) is 5.02 Å². The van der Waals surface area contributed by atoms with Gasteiger partial charge < -0.3 is 10.5 Å². The van der Waals surface area contributed by atoms with Gasteiger partial charge in [0.15, 0.2) is 0 Å². The van der Waals surface area contributed by atoms with Gasteiger partial charge in [-0.05, 0) is 44.1 Å². The van der Waals surface area contributed by atoms with Gasteiger partial charge >= 0.3 is 0 Å². The van der Waals surface area contributed by atoms with Crippen LogP contribution >= 0.6 is 11.6 Å². The minimum absolute atomic E-state index is 0.0244. The Labute approximate surface area is 112 Å². The number of ether oxygens (including phenoxy) is 1. The minimum Gasteiger partial charge on any atom is -0.492 e. The zero-order valence-corrected chi connectivity index (χ0v) is 11.0. The summed E-state index contributed by atoms with van der Waals surface area (Å²) in [7, 11) is 0. The molecule has 3 N–H and O–H groups in total. The third kappa shape index (κ3) is 3.37. The minimum atomic E-state index is -0.0244. The van der Waals surface area contributed by atoms with Crippen LogP contribution in [0.5, 0.6) is 5.75 Å². The largest absolute Gasteiger partial charge is 0.492 e. The predicted octanol–water partition coefficient (Wildman–Crippen LogP) is 2.10. The number of nitrogen functional groups attached to an aromatic ring is 1. The van der Waals surface area contributed by atoms with Crippen molar-refractivity contribution in [1.29, 1.82) is 5.41 Å². The highest BCUT2D eigenvalue weighted by Crippen LogP contribution is 2.22. The van der Waals surface area contributed by atoms with Gasteiger partial charge in [-0.1, -0.05) is 11.6 Å². The zero-order valence-electron chi connectivity index (χ0n) is 10.3. The Bertz CT molecular complexity index is 430. The van der Waals surface area contributed by atoms with Crippen molar-refractivity contribution in [2.24, 2.45) is 5.73 Å². The van der Waals surface area contributed by atoms with E-state index in [9.17, 15) is 0 Å². The highest BCUT2D eigenvalue weighted by Gasteiger charge is 2.11. The molecule has 1 heterocycles. The van der Waals surface area contributed by atoms with Crippen LogP contribution in [0.25, 0.3) is 0 Å². The summed E-state index contributed by atoms with van der Waals surface area (Å²) >= 11 is 6.02. The fraction of sp³-hybridized carbons (Fsp3) is 0.462. The molecule has 5 heteroatoms. The van der Waals surface area contributed by atoms with Crippen molar-refractivity contribution >= 4 is 17.4 Å². The standard InChI is InChI=1S/C13H18ClN3O/c14-12-9-10(3-4-11(12)13(15)16)18-8-7-17-5-1-2-6-17/h3-4,9H,1-2,5-8H2,(H3,15,16). The first-order valence-corrected chi connectivity index (χ1v) is 6.54. The summed E-state index contributed by atoms with van der Waals surface area (Å²) in [5, 5.41) is 7.80. The number of amidine groups is 1. The first-order chi connectivity index (χ1) is 8.66. The molecule has 0 aromatic heterocycles. The molecule has 1 fully saturated rings. The molecule has 0 unspecified atom stereocenters.